The molecule has 3 unspecified atom stereocenters. The van der Waals surface area contributed by atoms with Crippen LogP contribution < -0.4 is 5.32 Å². The van der Waals surface area contributed by atoms with Crippen molar-refractivity contribution in [2.24, 2.45) is 11.8 Å². The Hall–Kier alpha value is -0.0800. The van der Waals surface area contributed by atoms with Crippen LogP contribution in [0.1, 0.15) is 72.1 Å². The lowest BCUT2D eigenvalue weighted by Crippen LogP contribution is -2.59. The largest absolute Gasteiger partial charge is 0.311 e. The first kappa shape index (κ1) is 16.3. The van der Waals surface area contributed by atoms with Crippen LogP contribution in [0.25, 0.3) is 0 Å². The first-order chi connectivity index (χ1) is 9.74. The van der Waals surface area contributed by atoms with Crippen molar-refractivity contribution in [3.05, 3.63) is 0 Å². The highest BCUT2D eigenvalue weighted by Gasteiger charge is 2.33. The van der Waals surface area contributed by atoms with E-state index in [-0.39, 0.29) is 0 Å². The zero-order chi connectivity index (χ0) is 14.4. The van der Waals surface area contributed by atoms with Crippen LogP contribution in [0.3, 0.4) is 0 Å². The van der Waals surface area contributed by atoms with Gasteiger partial charge in [-0.1, -0.05) is 46.5 Å². The lowest BCUT2D eigenvalue weighted by Gasteiger charge is -2.46. The molecule has 0 aromatic rings. The van der Waals surface area contributed by atoms with E-state index < -0.39 is 0 Å². The summed E-state index contributed by atoms with van der Waals surface area (Å²) in [6, 6.07) is 1.54. The molecule has 0 bridgehead atoms. The van der Waals surface area contributed by atoms with E-state index in [1.54, 1.807) is 0 Å². The molecule has 1 aliphatic heterocycles. The zero-order valence-corrected chi connectivity index (χ0v) is 14.0. The lowest BCUT2D eigenvalue weighted by atomic mass is 9.81. The standard InChI is InChI=1S/C18H36N2/c1-4-9-15(3)13-20-14-17(5-2)19-12-18(20)16-10-7-6-8-11-16/h15-19H,4-14H2,1-3H3. The molecule has 2 aliphatic rings. The number of nitrogens with one attached hydrogen (secondary N) is 1. The Morgan fingerprint density at radius 2 is 1.90 bits per heavy atom. The highest BCUT2D eigenvalue weighted by Crippen LogP contribution is 2.31. The van der Waals surface area contributed by atoms with Crippen molar-refractivity contribution in [3.63, 3.8) is 0 Å². The molecule has 3 atom stereocenters. The molecular weight excluding hydrogens is 244 g/mol. The summed E-state index contributed by atoms with van der Waals surface area (Å²) in [6.07, 6.45) is 11.4. The monoisotopic (exact) mass is 280 g/mol. The van der Waals surface area contributed by atoms with Crippen molar-refractivity contribution in [2.45, 2.75) is 84.2 Å². The average molecular weight is 281 g/mol. The van der Waals surface area contributed by atoms with Crippen LogP contribution in [-0.2, 0) is 0 Å². The number of rotatable bonds is 6. The first-order valence-electron chi connectivity index (χ1n) is 9.22. The fourth-order valence-corrected chi connectivity index (χ4v) is 4.35. The van der Waals surface area contributed by atoms with Gasteiger partial charge in [-0.2, -0.15) is 0 Å². The molecule has 1 heterocycles. The molecule has 2 fully saturated rings. The second-order valence-electron chi connectivity index (χ2n) is 7.33. The molecule has 1 N–H and O–H groups in total. The second kappa shape index (κ2) is 8.38. The normalized spacial score (nSPS) is 31.4. The molecule has 0 spiro atoms. The average Bonchev–Trinajstić information content (AvgIpc) is 2.48. The molecule has 1 saturated heterocycles. The number of piperazine rings is 1. The van der Waals surface area contributed by atoms with Gasteiger partial charge >= 0.3 is 0 Å². The van der Waals surface area contributed by atoms with E-state index in [4.69, 9.17) is 0 Å². The van der Waals surface area contributed by atoms with Gasteiger partial charge in [0, 0.05) is 31.7 Å². The van der Waals surface area contributed by atoms with Crippen LogP contribution in [0.15, 0.2) is 0 Å². The molecular formula is C18H36N2. The molecule has 20 heavy (non-hydrogen) atoms. The van der Waals surface area contributed by atoms with E-state index in [1.165, 1.54) is 71.0 Å². The first-order valence-corrected chi connectivity index (χ1v) is 9.22. The summed E-state index contributed by atoms with van der Waals surface area (Å²) in [5.41, 5.74) is 0. The number of hydrogen-bond donors (Lipinski definition) is 1. The summed E-state index contributed by atoms with van der Waals surface area (Å²) in [5.74, 6) is 1.82. The maximum Gasteiger partial charge on any atom is 0.0249 e. The topological polar surface area (TPSA) is 15.3 Å². The molecule has 0 aromatic carbocycles. The molecule has 2 nitrogen and oxygen atoms in total. The van der Waals surface area contributed by atoms with Crippen LogP contribution in [0.2, 0.25) is 0 Å². The van der Waals surface area contributed by atoms with Crippen molar-refractivity contribution in [3.8, 4) is 0 Å². The third-order valence-corrected chi connectivity index (χ3v) is 5.55. The molecule has 0 amide bonds. The minimum Gasteiger partial charge on any atom is -0.311 e. The molecule has 118 valence electrons. The van der Waals surface area contributed by atoms with Gasteiger partial charge in [0.05, 0.1) is 0 Å². The molecule has 0 radical (unpaired) electrons. The minimum atomic E-state index is 0.726. The Morgan fingerprint density at radius 3 is 2.55 bits per heavy atom. The molecule has 0 aromatic heterocycles. The minimum absolute atomic E-state index is 0.726. The summed E-state index contributed by atoms with van der Waals surface area (Å²) < 4.78 is 0. The molecule has 2 rings (SSSR count). The fraction of sp³-hybridized carbons (Fsp3) is 1.00. The third kappa shape index (κ3) is 4.46. The van der Waals surface area contributed by atoms with Crippen molar-refractivity contribution < 1.29 is 0 Å². The van der Waals surface area contributed by atoms with E-state index >= 15 is 0 Å². The molecule has 1 saturated carbocycles. The van der Waals surface area contributed by atoms with Gasteiger partial charge in [-0.15, -0.1) is 0 Å². The van der Waals surface area contributed by atoms with Crippen molar-refractivity contribution in [1.82, 2.24) is 10.2 Å². The van der Waals surface area contributed by atoms with Crippen molar-refractivity contribution in [1.29, 1.82) is 0 Å². The summed E-state index contributed by atoms with van der Waals surface area (Å²) in [4.78, 5) is 2.86. The predicted octanol–water partition coefficient (Wildman–Crippen LogP) is 4.06. The van der Waals surface area contributed by atoms with E-state index in [0.29, 0.717) is 0 Å². The van der Waals surface area contributed by atoms with E-state index in [1.807, 2.05) is 0 Å². The molecule has 2 heteroatoms. The Kier molecular flexibility index (Phi) is 6.83. The van der Waals surface area contributed by atoms with Gasteiger partial charge in [-0.25, -0.2) is 0 Å². The number of nitrogens with zero attached hydrogens (tertiary/aromatic N) is 1. The van der Waals surface area contributed by atoms with Gasteiger partial charge in [0.25, 0.3) is 0 Å². The summed E-state index contributed by atoms with van der Waals surface area (Å²) in [7, 11) is 0. The quantitative estimate of drug-likeness (QED) is 0.789. The van der Waals surface area contributed by atoms with Crippen LogP contribution in [0, 0.1) is 11.8 Å². The van der Waals surface area contributed by atoms with Crippen LogP contribution in [0.5, 0.6) is 0 Å². The van der Waals surface area contributed by atoms with Gasteiger partial charge < -0.3 is 5.32 Å². The lowest BCUT2D eigenvalue weighted by molar-refractivity contribution is 0.0582. The van der Waals surface area contributed by atoms with E-state index in [9.17, 15) is 0 Å². The summed E-state index contributed by atoms with van der Waals surface area (Å²) >= 11 is 0. The van der Waals surface area contributed by atoms with Crippen LogP contribution in [-0.4, -0.2) is 36.6 Å². The Bertz CT molecular complexity index is 260. The maximum absolute atomic E-state index is 3.81. The Morgan fingerprint density at radius 1 is 1.15 bits per heavy atom. The van der Waals surface area contributed by atoms with Gasteiger partial charge in [0.15, 0.2) is 0 Å². The Balaban J connectivity index is 1.95. The molecule has 1 aliphatic carbocycles. The van der Waals surface area contributed by atoms with E-state index in [0.717, 1.165) is 23.9 Å². The summed E-state index contributed by atoms with van der Waals surface area (Å²) in [5, 5.41) is 3.81. The Labute approximate surface area is 126 Å². The third-order valence-electron chi connectivity index (χ3n) is 5.55. The zero-order valence-electron chi connectivity index (χ0n) is 14.0. The summed E-state index contributed by atoms with van der Waals surface area (Å²) in [6.45, 7) is 10.9. The second-order valence-corrected chi connectivity index (χ2v) is 7.33. The van der Waals surface area contributed by atoms with Gasteiger partial charge in [0.2, 0.25) is 0 Å². The van der Waals surface area contributed by atoms with Gasteiger partial charge in [-0.3, -0.25) is 4.90 Å². The van der Waals surface area contributed by atoms with E-state index in [2.05, 4.69) is 31.0 Å². The van der Waals surface area contributed by atoms with Crippen LogP contribution in [0.4, 0.5) is 0 Å². The van der Waals surface area contributed by atoms with Crippen molar-refractivity contribution >= 4 is 0 Å². The maximum atomic E-state index is 3.81. The van der Waals surface area contributed by atoms with Crippen LogP contribution >= 0.6 is 0 Å². The smallest absolute Gasteiger partial charge is 0.0249 e. The van der Waals surface area contributed by atoms with Crippen molar-refractivity contribution in [2.75, 3.05) is 19.6 Å². The predicted molar refractivity (Wildman–Crippen MR) is 88.1 cm³/mol. The SMILES string of the molecule is CCCC(C)CN1CC(CC)NCC1C1CCCCC1. The highest BCUT2D eigenvalue weighted by atomic mass is 15.2. The van der Waals surface area contributed by atoms with Gasteiger partial charge in [-0.05, 0) is 37.5 Å². The highest BCUT2D eigenvalue weighted by molar-refractivity contribution is 4.91. The van der Waals surface area contributed by atoms with Gasteiger partial charge in [0.1, 0.15) is 0 Å². The fourth-order valence-electron chi connectivity index (χ4n) is 4.35. The number of hydrogen-bond acceptors (Lipinski definition) is 2.